The molecule has 4 rings (SSSR count). The van der Waals surface area contributed by atoms with E-state index in [1.165, 1.54) is 5.56 Å². The minimum Gasteiger partial charge on any atom is -0.374 e. The number of hydrogen-bond acceptors (Lipinski definition) is 3. The predicted octanol–water partition coefficient (Wildman–Crippen LogP) is 4.17. The quantitative estimate of drug-likeness (QED) is 0.554. The van der Waals surface area contributed by atoms with Crippen molar-refractivity contribution in [2.45, 2.75) is 20.1 Å². The van der Waals surface area contributed by atoms with Crippen molar-refractivity contribution in [3.8, 4) is 0 Å². The number of benzene rings is 2. The second-order valence-electron chi connectivity index (χ2n) is 5.75. The van der Waals surface area contributed by atoms with Crippen molar-refractivity contribution in [1.82, 2.24) is 14.5 Å². The number of imidazole rings is 1. The summed E-state index contributed by atoms with van der Waals surface area (Å²) < 4.78 is 7.89. The van der Waals surface area contributed by atoms with Crippen LogP contribution in [0.5, 0.6) is 0 Å². The molecule has 0 amide bonds. The summed E-state index contributed by atoms with van der Waals surface area (Å²) in [5.41, 5.74) is 4.27. The molecule has 0 radical (unpaired) electrons. The third-order valence-electron chi connectivity index (χ3n) is 4.18. The number of pyridine rings is 1. The minimum absolute atomic E-state index is 0.506. The molecule has 24 heavy (non-hydrogen) atoms. The molecule has 4 aromatic rings. The second-order valence-corrected chi connectivity index (χ2v) is 5.75. The molecule has 4 nitrogen and oxygen atoms in total. The van der Waals surface area contributed by atoms with Crippen molar-refractivity contribution in [2.75, 3.05) is 6.61 Å². The third-order valence-corrected chi connectivity index (χ3v) is 4.18. The molecule has 0 aliphatic carbocycles. The SMILES string of the molecule is CCOCc1nc2cnc3ccccc3c2n1Cc1ccccc1. The Labute approximate surface area is 140 Å². The molecule has 0 saturated heterocycles. The van der Waals surface area contributed by atoms with Crippen LogP contribution in [0.3, 0.4) is 0 Å². The molecule has 4 heteroatoms. The molecule has 0 fully saturated rings. The highest BCUT2D eigenvalue weighted by molar-refractivity contribution is 6.02. The van der Waals surface area contributed by atoms with Gasteiger partial charge < -0.3 is 9.30 Å². The van der Waals surface area contributed by atoms with Gasteiger partial charge >= 0.3 is 0 Å². The van der Waals surface area contributed by atoms with Gasteiger partial charge in [0, 0.05) is 18.5 Å². The van der Waals surface area contributed by atoms with Crippen LogP contribution in [-0.4, -0.2) is 21.1 Å². The summed E-state index contributed by atoms with van der Waals surface area (Å²) in [6, 6.07) is 18.7. The molecule has 2 heterocycles. The van der Waals surface area contributed by atoms with Crippen LogP contribution in [0.2, 0.25) is 0 Å². The zero-order valence-electron chi connectivity index (χ0n) is 13.6. The lowest BCUT2D eigenvalue weighted by molar-refractivity contribution is 0.126. The Morgan fingerprint density at radius 3 is 2.58 bits per heavy atom. The fourth-order valence-electron chi connectivity index (χ4n) is 3.05. The Morgan fingerprint density at radius 2 is 1.75 bits per heavy atom. The molecule has 0 atom stereocenters. The average molecular weight is 317 g/mol. The molecule has 0 unspecified atom stereocenters. The Kier molecular flexibility index (Phi) is 3.97. The van der Waals surface area contributed by atoms with Crippen LogP contribution in [0.25, 0.3) is 21.9 Å². The predicted molar refractivity (Wildman–Crippen MR) is 95.9 cm³/mol. The Hall–Kier alpha value is -2.72. The summed E-state index contributed by atoms with van der Waals surface area (Å²) >= 11 is 0. The van der Waals surface area contributed by atoms with E-state index in [9.17, 15) is 0 Å². The summed E-state index contributed by atoms with van der Waals surface area (Å²) in [5, 5.41) is 1.13. The van der Waals surface area contributed by atoms with Crippen LogP contribution in [-0.2, 0) is 17.9 Å². The van der Waals surface area contributed by atoms with Gasteiger partial charge in [-0.05, 0) is 18.6 Å². The summed E-state index contributed by atoms with van der Waals surface area (Å²) in [4.78, 5) is 9.31. The van der Waals surface area contributed by atoms with Gasteiger partial charge in [-0.2, -0.15) is 0 Å². The highest BCUT2D eigenvalue weighted by Gasteiger charge is 2.14. The first-order chi connectivity index (χ1) is 11.9. The van der Waals surface area contributed by atoms with Crippen LogP contribution in [0.4, 0.5) is 0 Å². The maximum Gasteiger partial charge on any atom is 0.136 e. The number of ether oxygens (including phenoxy) is 1. The third kappa shape index (κ3) is 2.65. The Morgan fingerprint density at radius 1 is 0.958 bits per heavy atom. The van der Waals surface area contributed by atoms with E-state index in [4.69, 9.17) is 9.72 Å². The molecule has 0 bridgehead atoms. The van der Waals surface area contributed by atoms with Gasteiger partial charge in [0.05, 0.1) is 17.2 Å². The van der Waals surface area contributed by atoms with E-state index in [1.807, 2.05) is 37.4 Å². The molecule has 2 aromatic heterocycles. The first-order valence-corrected chi connectivity index (χ1v) is 8.21. The fourth-order valence-corrected chi connectivity index (χ4v) is 3.05. The highest BCUT2D eigenvalue weighted by atomic mass is 16.5. The zero-order valence-corrected chi connectivity index (χ0v) is 13.6. The number of para-hydroxylation sites is 1. The normalized spacial score (nSPS) is 11.4. The van der Waals surface area contributed by atoms with E-state index < -0.39 is 0 Å². The molecular weight excluding hydrogens is 298 g/mol. The maximum atomic E-state index is 5.64. The number of rotatable bonds is 5. The highest BCUT2D eigenvalue weighted by Crippen LogP contribution is 2.26. The van der Waals surface area contributed by atoms with E-state index in [0.29, 0.717) is 13.2 Å². The van der Waals surface area contributed by atoms with Gasteiger partial charge in [0.25, 0.3) is 0 Å². The molecule has 0 aliphatic heterocycles. The van der Waals surface area contributed by atoms with Crippen LogP contribution >= 0.6 is 0 Å². The molecule has 0 aliphatic rings. The van der Waals surface area contributed by atoms with Crippen molar-refractivity contribution in [2.24, 2.45) is 0 Å². The van der Waals surface area contributed by atoms with Crippen molar-refractivity contribution >= 4 is 21.9 Å². The minimum atomic E-state index is 0.506. The first kappa shape index (κ1) is 14.8. The van der Waals surface area contributed by atoms with Crippen molar-refractivity contribution in [3.63, 3.8) is 0 Å². The molecule has 0 saturated carbocycles. The Balaban J connectivity index is 1.93. The van der Waals surface area contributed by atoms with E-state index in [0.717, 1.165) is 34.3 Å². The lowest BCUT2D eigenvalue weighted by Gasteiger charge is -2.10. The van der Waals surface area contributed by atoms with E-state index in [2.05, 4.69) is 39.9 Å². The van der Waals surface area contributed by atoms with Crippen molar-refractivity contribution < 1.29 is 4.74 Å². The summed E-state index contributed by atoms with van der Waals surface area (Å²) in [5.74, 6) is 0.939. The largest absolute Gasteiger partial charge is 0.374 e. The summed E-state index contributed by atoms with van der Waals surface area (Å²) in [7, 11) is 0. The van der Waals surface area contributed by atoms with Gasteiger partial charge in [-0.25, -0.2) is 4.98 Å². The summed E-state index contributed by atoms with van der Waals surface area (Å²) in [6.45, 7) is 3.95. The molecule has 0 spiro atoms. The lowest BCUT2D eigenvalue weighted by Crippen LogP contribution is -2.07. The van der Waals surface area contributed by atoms with Gasteiger partial charge in [-0.15, -0.1) is 0 Å². The van der Waals surface area contributed by atoms with Crippen LogP contribution in [0.1, 0.15) is 18.3 Å². The zero-order chi connectivity index (χ0) is 16.4. The van der Waals surface area contributed by atoms with Crippen LogP contribution in [0.15, 0.2) is 60.8 Å². The van der Waals surface area contributed by atoms with Gasteiger partial charge in [0.15, 0.2) is 0 Å². The number of nitrogens with zero attached hydrogens (tertiary/aromatic N) is 3. The first-order valence-electron chi connectivity index (χ1n) is 8.21. The molecule has 0 N–H and O–H groups in total. The second kappa shape index (κ2) is 6.42. The van der Waals surface area contributed by atoms with Crippen LogP contribution in [0, 0.1) is 0 Å². The van der Waals surface area contributed by atoms with Crippen molar-refractivity contribution in [1.29, 1.82) is 0 Å². The number of fused-ring (bicyclic) bond motifs is 3. The number of aromatic nitrogens is 3. The molecular formula is C20H19N3O. The number of hydrogen-bond donors (Lipinski definition) is 0. The van der Waals surface area contributed by atoms with Crippen molar-refractivity contribution in [3.05, 3.63) is 72.2 Å². The standard InChI is InChI=1S/C20H19N3O/c1-2-24-14-19-22-18-12-21-17-11-7-6-10-16(17)20(18)23(19)13-15-8-4-3-5-9-15/h3-12H,2,13-14H2,1H3. The topological polar surface area (TPSA) is 39.9 Å². The van der Waals surface area contributed by atoms with Gasteiger partial charge in [-0.1, -0.05) is 48.5 Å². The fraction of sp³-hybridized carbons (Fsp3) is 0.200. The lowest BCUT2D eigenvalue weighted by atomic mass is 10.2. The average Bonchev–Trinajstić information content (AvgIpc) is 2.99. The van der Waals surface area contributed by atoms with Gasteiger partial charge in [-0.3, -0.25) is 4.98 Å². The summed E-state index contributed by atoms with van der Waals surface area (Å²) in [6.07, 6.45) is 1.86. The van der Waals surface area contributed by atoms with E-state index in [1.54, 1.807) is 0 Å². The van der Waals surface area contributed by atoms with E-state index in [-0.39, 0.29) is 0 Å². The Bertz CT molecular complexity index is 976. The molecule has 120 valence electrons. The van der Waals surface area contributed by atoms with Gasteiger partial charge in [0.2, 0.25) is 0 Å². The molecule has 2 aromatic carbocycles. The smallest absolute Gasteiger partial charge is 0.136 e. The maximum absolute atomic E-state index is 5.64. The monoisotopic (exact) mass is 317 g/mol. The van der Waals surface area contributed by atoms with Crippen LogP contribution < -0.4 is 0 Å². The van der Waals surface area contributed by atoms with Gasteiger partial charge in [0.1, 0.15) is 17.9 Å². The van der Waals surface area contributed by atoms with E-state index >= 15 is 0 Å².